The standard InChI is InChI=1S/C17H18ClN3O3/c18-14-4-1-3-13(11-14)12-19-17(23)21-8-6-20(7-9-21)16(22)15-5-2-10-24-15/h1-5,10-11H,6-9,12H2,(H,19,23). The Hall–Kier alpha value is -2.47. The van der Waals surface area contributed by atoms with E-state index in [-0.39, 0.29) is 11.9 Å². The molecule has 6 nitrogen and oxygen atoms in total. The molecule has 7 heteroatoms. The second-order valence-electron chi connectivity index (χ2n) is 5.55. The monoisotopic (exact) mass is 347 g/mol. The van der Waals surface area contributed by atoms with Crippen molar-refractivity contribution in [3.8, 4) is 0 Å². The van der Waals surface area contributed by atoms with Crippen LogP contribution in [0.1, 0.15) is 16.1 Å². The van der Waals surface area contributed by atoms with E-state index in [9.17, 15) is 9.59 Å². The fraction of sp³-hybridized carbons (Fsp3) is 0.294. The molecule has 0 unspecified atom stereocenters. The average Bonchev–Trinajstić information content (AvgIpc) is 3.14. The van der Waals surface area contributed by atoms with E-state index in [1.165, 1.54) is 6.26 Å². The predicted molar refractivity (Wildman–Crippen MR) is 89.9 cm³/mol. The van der Waals surface area contributed by atoms with E-state index in [0.717, 1.165) is 5.56 Å². The number of carbonyl (C=O) groups excluding carboxylic acids is 2. The third-order valence-corrected chi connectivity index (χ3v) is 4.15. The van der Waals surface area contributed by atoms with E-state index in [0.29, 0.717) is 43.5 Å². The number of hydrogen-bond donors (Lipinski definition) is 1. The van der Waals surface area contributed by atoms with Gasteiger partial charge in [0.15, 0.2) is 5.76 Å². The Balaban J connectivity index is 1.47. The first kappa shape index (κ1) is 16.4. The maximum atomic E-state index is 12.2. The van der Waals surface area contributed by atoms with Crippen LogP contribution in [-0.2, 0) is 6.54 Å². The highest BCUT2D eigenvalue weighted by Gasteiger charge is 2.25. The molecule has 0 saturated carbocycles. The van der Waals surface area contributed by atoms with Crippen LogP contribution in [0.2, 0.25) is 5.02 Å². The summed E-state index contributed by atoms with van der Waals surface area (Å²) >= 11 is 5.93. The number of hydrogen-bond acceptors (Lipinski definition) is 3. The molecule has 0 spiro atoms. The molecule has 0 atom stereocenters. The van der Waals surface area contributed by atoms with Crippen LogP contribution in [-0.4, -0.2) is 47.9 Å². The first-order valence-electron chi connectivity index (χ1n) is 7.73. The summed E-state index contributed by atoms with van der Waals surface area (Å²) in [6.45, 7) is 2.39. The van der Waals surface area contributed by atoms with Gasteiger partial charge in [-0.1, -0.05) is 23.7 Å². The molecule has 2 heterocycles. The van der Waals surface area contributed by atoms with Gasteiger partial charge in [0.1, 0.15) is 0 Å². The number of halogens is 1. The quantitative estimate of drug-likeness (QED) is 0.928. The summed E-state index contributed by atoms with van der Waals surface area (Å²) < 4.78 is 5.13. The van der Waals surface area contributed by atoms with Gasteiger partial charge in [-0.05, 0) is 29.8 Å². The molecule has 0 bridgehead atoms. The molecule has 24 heavy (non-hydrogen) atoms. The van der Waals surface area contributed by atoms with Gasteiger partial charge in [-0.15, -0.1) is 0 Å². The summed E-state index contributed by atoms with van der Waals surface area (Å²) in [7, 11) is 0. The van der Waals surface area contributed by atoms with E-state index in [1.807, 2.05) is 18.2 Å². The van der Waals surface area contributed by atoms with E-state index >= 15 is 0 Å². The zero-order valence-corrected chi connectivity index (χ0v) is 13.8. The molecular formula is C17H18ClN3O3. The first-order chi connectivity index (χ1) is 11.6. The normalized spacial score (nSPS) is 14.5. The average molecular weight is 348 g/mol. The number of nitrogens with zero attached hydrogens (tertiary/aromatic N) is 2. The van der Waals surface area contributed by atoms with E-state index < -0.39 is 0 Å². The van der Waals surface area contributed by atoms with Crippen LogP contribution >= 0.6 is 11.6 Å². The van der Waals surface area contributed by atoms with Crippen LogP contribution < -0.4 is 5.32 Å². The van der Waals surface area contributed by atoms with Gasteiger partial charge in [0.25, 0.3) is 5.91 Å². The van der Waals surface area contributed by atoms with Gasteiger partial charge in [-0.2, -0.15) is 0 Å². The second kappa shape index (κ2) is 7.40. The minimum Gasteiger partial charge on any atom is -0.459 e. The summed E-state index contributed by atoms with van der Waals surface area (Å²) in [5.74, 6) is 0.188. The minimum atomic E-state index is -0.140. The third kappa shape index (κ3) is 3.89. The summed E-state index contributed by atoms with van der Waals surface area (Å²) in [5, 5.41) is 3.52. The van der Waals surface area contributed by atoms with Crippen LogP contribution in [0, 0.1) is 0 Å². The number of rotatable bonds is 3. The van der Waals surface area contributed by atoms with Crippen molar-refractivity contribution in [1.82, 2.24) is 15.1 Å². The van der Waals surface area contributed by atoms with Crippen LogP contribution in [0.15, 0.2) is 47.1 Å². The van der Waals surface area contributed by atoms with Crippen molar-refractivity contribution in [2.45, 2.75) is 6.54 Å². The predicted octanol–water partition coefficient (Wildman–Crippen LogP) is 2.60. The largest absolute Gasteiger partial charge is 0.459 e. The van der Waals surface area contributed by atoms with Gasteiger partial charge >= 0.3 is 6.03 Å². The Morgan fingerprint density at radius 2 is 1.83 bits per heavy atom. The van der Waals surface area contributed by atoms with Crippen LogP contribution in [0.4, 0.5) is 4.79 Å². The van der Waals surface area contributed by atoms with E-state index in [2.05, 4.69) is 5.32 Å². The molecule has 1 aromatic heterocycles. The lowest BCUT2D eigenvalue weighted by atomic mass is 10.2. The molecule has 1 saturated heterocycles. The lowest BCUT2D eigenvalue weighted by molar-refractivity contribution is 0.0634. The van der Waals surface area contributed by atoms with E-state index in [4.69, 9.17) is 16.0 Å². The highest BCUT2D eigenvalue weighted by atomic mass is 35.5. The van der Waals surface area contributed by atoms with Gasteiger partial charge in [0.05, 0.1) is 6.26 Å². The highest BCUT2D eigenvalue weighted by molar-refractivity contribution is 6.30. The summed E-state index contributed by atoms with van der Waals surface area (Å²) in [5.41, 5.74) is 0.947. The van der Waals surface area contributed by atoms with Crippen molar-refractivity contribution in [3.05, 3.63) is 59.0 Å². The van der Waals surface area contributed by atoms with Gasteiger partial charge in [-0.25, -0.2) is 4.79 Å². The van der Waals surface area contributed by atoms with Crippen molar-refractivity contribution in [1.29, 1.82) is 0 Å². The molecule has 126 valence electrons. The molecular weight excluding hydrogens is 330 g/mol. The van der Waals surface area contributed by atoms with Crippen molar-refractivity contribution in [3.63, 3.8) is 0 Å². The van der Waals surface area contributed by atoms with E-state index in [1.54, 1.807) is 28.0 Å². The molecule has 0 radical (unpaired) electrons. The Morgan fingerprint density at radius 3 is 2.50 bits per heavy atom. The van der Waals surface area contributed by atoms with Crippen molar-refractivity contribution in [2.24, 2.45) is 0 Å². The lowest BCUT2D eigenvalue weighted by Crippen LogP contribution is -2.53. The zero-order chi connectivity index (χ0) is 16.9. The maximum absolute atomic E-state index is 12.2. The highest BCUT2D eigenvalue weighted by Crippen LogP contribution is 2.11. The summed E-state index contributed by atoms with van der Waals surface area (Å²) in [4.78, 5) is 27.8. The SMILES string of the molecule is O=C(NCc1cccc(Cl)c1)N1CCN(C(=O)c2ccco2)CC1. The molecule has 1 aromatic carbocycles. The maximum Gasteiger partial charge on any atom is 0.317 e. The summed E-state index contributed by atoms with van der Waals surface area (Å²) in [6.07, 6.45) is 1.48. The second-order valence-corrected chi connectivity index (χ2v) is 5.98. The zero-order valence-electron chi connectivity index (χ0n) is 13.1. The third-order valence-electron chi connectivity index (χ3n) is 3.92. The molecule has 1 fully saturated rings. The minimum absolute atomic E-state index is 0.139. The molecule has 0 aliphatic carbocycles. The topological polar surface area (TPSA) is 65.8 Å². The number of benzene rings is 1. The van der Waals surface area contributed by atoms with Crippen LogP contribution in [0.3, 0.4) is 0 Å². The number of carbonyl (C=O) groups is 2. The number of amides is 3. The van der Waals surface area contributed by atoms with Crippen molar-refractivity contribution >= 4 is 23.5 Å². The molecule has 1 aliphatic rings. The Morgan fingerprint density at radius 1 is 1.08 bits per heavy atom. The lowest BCUT2D eigenvalue weighted by Gasteiger charge is -2.34. The summed E-state index contributed by atoms with van der Waals surface area (Å²) in [6, 6.07) is 10.6. The van der Waals surface area contributed by atoms with Gasteiger partial charge < -0.3 is 19.5 Å². The Labute approximate surface area is 145 Å². The van der Waals surface area contributed by atoms with Gasteiger partial charge in [-0.3, -0.25) is 4.79 Å². The van der Waals surface area contributed by atoms with Crippen molar-refractivity contribution < 1.29 is 14.0 Å². The van der Waals surface area contributed by atoms with Crippen LogP contribution in [0.5, 0.6) is 0 Å². The molecule has 2 aromatic rings. The van der Waals surface area contributed by atoms with Gasteiger partial charge in [0, 0.05) is 37.7 Å². The molecule has 1 N–H and O–H groups in total. The first-order valence-corrected chi connectivity index (χ1v) is 8.11. The smallest absolute Gasteiger partial charge is 0.317 e. The number of nitrogens with one attached hydrogen (secondary N) is 1. The number of furan rings is 1. The Bertz CT molecular complexity index is 710. The molecule has 1 aliphatic heterocycles. The molecule has 3 rings (SSSR count). The fourth-order valence-electron chi connectivity index (χ4n) is 2.61. The van der Waals surface area contributed by atoms with Crippen LogP contribution in [0.25, 0.3) is 0 Å². The van der Waals surface area contributed by atoms with Crippen molar-refractivity contribution in [2.75, 3.05) is 26.2 Å². The Kier molecular flexibility index (Phi) is 5.05. The molecule has 3 amide bonds. The fourth-order valence-corrected chi connectivity index (χ4v) is 2.82. The number of piperazine rings is 1. The number of urea groups is 1. The van der Waals surface area contributed by atoms with Gasteiger partial charge in [0.2, 0.25) is 0 Å².